The Kier molecular flexibility index (Phi) is 12.4. The second kappa shape index (κ2) is 17.1. The van der Waals surface area contributed by atoms with E-state index in [0.29, 0.717) is 37.7 Å². The van der Waals surface area contributed by atoms with Crippen LogP contribution in [-0.2, 0) is 35.5 Å². The molecule has 2 aromatic heterocycles. The molecule has 2 atom stereocenters. The highest BCUT2D eigenvalue weighted by molar-refractivity contribution is 7.59. The summed E-state index contributed by atoms with van der Waals surface area (Å²) in [5, 5.41) is 0.715. The Morgan fingerprint density at radius 3 is 2.55 bits per heavy atom. The Hall–Kier alpha value is -3.86. The fourth-order valence-corrected chi connectivity index (χ4v) is 8.13. The zero-order valence-corrected chi connectivity index (χ0v) is 31.2. The number of benzene rings is 2. The van der Waals surface area contributed by atoms with Gasteiger partial charge in [0.2, 0.25) is 5.91 Å². The van der Waals surface area contributed by atoms with Gasteiger partial charge in [0, 0.05) is 56.7 Å². The first-order valence-corrected chi connectivity index (χ1v) is 18.6. The number of aromatic nitrogens is 3. The van der Waals surface area contributed by atoms with Crippen LogP contribution in [0.3, 0.4) is 0 Å². The molecule has 0 bridgehead atoms. The molecule has 1 aliphatic heterocycles. The molecule has 0 unspecified atom stereocenters. The summed E-state index contributed by atoms with van der Waals surface area (Å²) in [6.45, 7) is 5.07. The summed E-state index contributed by atoms with van der Waals surface area (Å²) in [5.41, 5.74) is 6.59. The average Bonchev–Trinajstić information content (AvgIpc) is 3.48. The number of rotatable bonds is 9. The van der Waals surface area contributed by atoms with Gasteiger partial charge in [0.25, 0.3) is 0 Å². The summed E-state index contributed by atoms with van der Waals surface area (Å²) in [6, 6.07) is 19.5. The summed E-state index contributed by atoms with van der Waals surface area (Å²) in [4.78, 5) is 44.3. The van der Waals surface area contributed by atoms with E-state index in [1.54, 1.807) is 4.90 Å². The summed E-state index contributed by atoms with van der Waals surface area (Å²) in [6.07, 6.45) is 12.8. The number of amides is 2. The van der Waals surface area contributed by atoms with Gasteiger partial charge in [0.1, 0.15) is 12.1 Å². The molecule has 4 aromatic rings. The molecule has 0 spiro atoms. The Bertz CT molecular complexity index is 1780. The van der Waals surface area contributed by atoms with Crippen LogP contribution < -0.4 is 0 Å². The lowest BCUT2D eigenvalue weighted by atomic mass is 9.95. The van der Waals surface area contributed by atoms with E-state index in [0.717, 1.165) is 74.0 Å². The van der Waals surface area contributed by atoms with Crippen molar-refractivity contribution in [3.05, 3.63) is 118 Å². The van der Waals surface area contributed by atoms with Crippen molar-refractivity contribution in [1.29, 1.82) is 0 Å². The third-order valence-electron chi connectivity index (χ3n) is 10.5. The third-order valence-corrected chi connectivity index (χ3v) is 10.7. The van der Waals surface area contributed by atoms with Crippen LogP contribution in [0.15, 0.2) is 79.4 Å². The van der Waals surface area contributed by atoms with E-state index in [1.165, 1.54) is 17.5 Å². The third kappa shape index (κ3) is 8.79. The SMILES string of the molecule is Cc1cn(CCCN(Cc2ccccc2)C(=O)[C@@H]2CN([C@H]3c4ccc(Cl)cc4CCc4cccnc43)CCN2C(=O)OC2CCCCC2)cn1.S. The molecular formula is C40H49ClN6O3S. The zero-order valence-electron chi connectivity index (χ0n) is 29.4. The highest BCUT2D eigenvalue weighted by Crippen LogP contribution is 2.38. The van der Waals surface area contributed by atoms with E-state index >= 15 is 0 Å². The number of hydrogen-bond donors (Lipinski definition) is 0. The summed E-state index contributed by atoms with van der Waals surface area (Å²) >= 11 is 6.51. The van der Waals surface area contributed by atoms with Gasteiger partial charge in [0.15, 0.2) is 0 Å². The molecule has 3 heterocycles. The summed E-state index contributed by atoms with van der Waals surface area (Å²) in [7, 11) is 0. The maximum atomic E-state index is 15.0. The van der Waals surface area contributed by atoms with Crippen molar-refractivity contribution in [1.82, 2.24) is 29.2 Å². The minimum Gasteiger partial charge on any atom is -0.446 e. The van der Waals surface area contributed by atoms with Crippen LogP contribution in [0, 0.1) is 6.92 Å². The van der Waals surface area contributed by atoms with Crippen molar-refractivity contribution in [2.45, 2.75) is 89.6 Å². The molecule has 3 aliphatic rings. The molecule has 1 saturated heterocycles. The number of imidazole rings is 1. The van der Waals surface area contributed by atoms with E-state index in [4.69, 9.17) is 21.3 Å². The Balaban J connectivity index is 0.00000448. The number of aryl methyl sites for hydroxylation is 4. The number of fused-ring (bicyclic) bond motifs is 2. The van der Waals surface area contributed by atoms with Crippen LogP contribution >= 0.6 is 25.1 Å². The normalized spacial score (nSPS) is 19.3. The Morgan fingerprint density at radius 1 is 0.961 bits per heavy atom. The number of hydrogen-bond acceptors (Lipinski definition) is 6. The van der Waals surface area contributed by atoms with E-state index in [9.17, 15) is 9.59 Å². The van der Waals surface area contributed by atoms with Gasteiger partial charge in [-0.05, 0) is 92.3 Å². The van der Waals surface area contributed by atoms with E-state index in [2.05, 4.69) is 44.8 Å². The maximum Gasteiger partial charge on any atom is 0.410 e. The highest BCUT2D eigenvalue weighted by atomic mass is 35.5. The van der Waals surface area contributed by atoms with Gasteiger partial charge in [-0.2, -0.15) is 13.5 Å². The largest absolute Gasteiger partial charge is 0.446 e. The zero-order chi connectivity index (χ0) is 34.5. The minimum atomic E-state index is -0.717. The Labute approximate surface area is 313 Å². The van der Waals surface area contributed by atoms with Crippen molar-refractivity contribution in [2.24, 2.45) is 0 Å². The first kappa shape index (κ1) is 36.9. The Morgan fingerprint density at radius 2 is 1.76 bits per heavy atom. The van der Waals surface area contributed by atoms with Crippen LogP contribution in [0.4, 0.5) is 4.79 Å². The number of piperazine rings is 1. The monoisotopic (exact) mass is 728 g/mol. The fourth-order valence-electron chi connectivity index (χ4n) is 7.93. The molecule has 51 heavy (non-hydrogen) atoms. The molecule has 270 valence electrons. The maximum absolute atomic E-state index is 15.0. The van der Waals surface area contributed by atoms with Crippen molar-refractivity contribution in [3.63, 3.8) is 0 Å². The van der Waals surface area contributed by atoms with E-state index in [1.807, 2.05) is 60.9 Å². The molecular weight excluding hydrogens is 680 g/mol. The predicted octanol–water partition coefficient (Wildman–Crippen LogP) is 7.12. The van der Waals surface area contributed by atoms with Gasteiger partial charge in [-0.25, -0.2) is 9.78 Å². The molecule has 2 aromatic carbocycles. The molecule has 0 radical (unpaired) electrons. The van der Waals surface area contributed by atoms with Gasteiger partial charge in [-0.1, -0.05) is 60.5 Å². The van der Waals surface area contributed by atoms with Gasteiger partial charge in [-0.15, -0.1) is 0 Å². The molecule has 9 nitrogen and oxygen atoms in total. The molecule has 2 aliphatic carbocycles. The number of pyridine rings is 1. The van der Waals surface area contributed by atoms with Crippen molar-refractivity contribution in [2.75, 3.05) is 26.2 Å². The molecule has 11 heteroatoms. The topological polar surface area (TPSA) is 83.8 Å². The summed E-state index contributed by atoms with van der Waals surface area (Å²) in [5.74, 6) is -0.0628. The number of halogens is 1. The van der Waals surface area contributed by atoms with Crippen molar-refractivity contribution in [3.8, 4) is 0 Å². The first-order valence-electron chi connectivity index (χ1n) is 18.2. The van der Waals surface area contributed by atoms with Crippen LogP contribution in [0.25, 0.3) is 0 Å². The highest BCUT2D eigenvalue weighted by Gasteiger charge is 2.42. The van der Waals surface area contributed by atoms with Crippen LogP contribution in [0.5, 0.6) is 0 Å². The molecule has 0 N–H and O–H groups in total. The molecule has 2 fully saturated rings. The quantitative estimate of drug-likeness (QED) is 0.183. The molecule has 2 amide bonds. The second-order valence-corrected chi connectivity index (χ2v) is 14.4. The van der Waals surface area contributed by atoms with Crippen molar-refractivity contribution >= 4 is 37.1 Å². The lowest BCUT2D eigenvalue weighted by Crippen LogP contribution is -2.62. The first-order chi connectivity index (χ1) is 24.4. The lowest BCUT2D eigenvalue weighted by molar-refractivity contribution is -0.140. The van der Waals surface area contributed by atoms with Gasteiger partial charge in [0.05, 0.1) is 23.8 Å². The van der Waals surface area contributed by atoms with Gasteiger partial charge < -0.3 is 14.2 Å². The molecule has 1 saturated carbocycles. The standard InChI is InChI=1S/C40H47ClN6O3.H2S/c1-29-25-44(28-43-29)20-9-21-46(26-30-10-4-2-5-11-30)39(48)36-27-45(22-23-47(36)40(49)50-34-13-6-3-7-14-34)38-35-18-17-33(41)24-32(35)16-15-31-12-8-19-42-37(31)38;/h2,4-5,8,10-12,17-19,24-25,28,34,36,38H,3,6-7,9,13-16,20-23,26-27H2,1H3;1H2/t36-,38-;/m0./s1. The van der Waals surface area contributed by atoms with Gasteiger partial charge >= 0.3 is 6.09 Å². The lowest BCUT2D eigenvalue weighted by Gasteiger charge is -2.45. The summed E-state index contributed by atoms with van der Waals surface area (Å²) < 4.78 is 8.20. The average molecular weight is 729 g/mol. The number of ether oxygens (including phenoxy) is 1. The number of carbonyl (C=O) groups is 2. The van der Waals surface area contributed by atoms with Crippen molar-refractivity contribution < 1.29 is 14.3 Å². The second-order valence-electron chi connectivity index (χ2n) is 14.0. The minimum absolute atomic E-state index is 0. The molecule has 7 rings (SSSR count). The predicted molar refractivity (Wildman–Crippen MR) is 204 cm³/mol. The number of nitrogens with zero attached hydrogens (tertiary/aromatic N) is 6. The van der Waals surface area contributed by atoms with Crippen LogP contribution in [-0.4, -0.2) is 79.6 Å². The van der Waals surface area contributed by atoms with E-state index in [-0.39, 0.29) is 37.6 Å². The van der Waals surface area contributed by atoms with Crippen LogP contribution in [0.2, 0.25) is 5.02 Å². The van der Waals surface area contributed by atoms with E-state index < -0.39 is 6.04 Å². The fraction of sp³-hybridized carbons (Fsp3) is 0.450. The number of carbonyl (C=O) groups excluding carboxylic acids is 2. The van der Waals surface area contributed by atoms with Crippen LogP contribution in [0.1, 0.15) is 78.2 Å². The smallest absolute Gasteiger partial charge is 0.410 e. The van der Waals surface area contributed by atoms with Gasteiger partial charge in [-0.3, -0.25) is 19.6 Å².